The third-order valence-electron chi connectivity index (χ3n) is 2.93. The molecule has 0 bridgehead atoms. The molecule has 0 spiro atoms. The van der Waals surface area contributed by atoms with Gasteiger partial charge in [0.15, 0.2) is 6.10 Å². The number of carbonyl (C=O) groups is 1. The Morgan fingerprint density at radius 2 is 2.26 bits per heavy atom. The van der Waals surface area contributed by atoms with Crippen molar-refractivity contribution in [3.63, 3.8) is 0 Å². The molecule has 0 aromatic carbocycles. The largest absolute Gasteiger partial charge is 0.479 e. The van der Waals surface area contributed by atoms with Crippen LogP contribution in [0, 0.1) is 6.92 Å². The summed E-state index contributed by atoms with van der Waals surface area (Å²) in [6, 6.07) is 1.86. The Labute approximate surface area is 111 Å². The SMILES string of the molecule is Cc1nc(N(C)C)cc(N2CCOC(C(=O)O)C2)n1. The predicted molar refractivity (Wildman–Crippen MR) is 70.7 cm³/mol. The normalized spacial score (nSPS) is 19.3. The Hall–Kier alpha value is -1.89. The number of aromatic nitrogens is 2. The number of nitrogens with zero attached hydrogens (tertiary/aromatic N) is 4. The minimum atomic E-state index is -0.941. The molecule has 1 saturated heterocycles. The lowest BCUT2D eigenvalue weighted by molar-refractivity contribution is -0.150. The highest BCUT2D eigenvalue weighted by Gasteiger charge is 2.27. The number of aryl methyl sites for hydroxylation is 1. The zero-order chi connectivity index (χ0) is 14.0. The molecule has 19 heavy (non-hydrogen) atoms. The van der Waals surface area contributed by atoms with Crippen LogP contribution in [0.5, 0.6) is 0 Å². The molecule has 1 N–H and O–H groups in total. The van der Waals surface area contributed by atoms with Crippen molar-refractivity contribution < 1.29 is 14.6 Å². The number of carboxylic acids is 1. The molecule has 7 nitrogen and oxygen atoms in total. The number of morpholine rings is 1. The number of hydrogen-bond donors (Lipinski definition) is 1. The summed E-state index contributed by atoms with van der Waals surface area (Å²) >= 11 is 0. The number of hydrogen-bond acceptors (Lipinski definition) is 6. The van der Waals surface area contributed by atoms with Gasteiger partial charge in [-0.2, -0.15) is 0 Å². The molecule has 1 aliphatic heterocycles. The minimum absolute atomic E-state index is 0.304. The fourth-order valence-electron chi connectivity index (χ4n) is 1.93. The van der Waals surface area contributed by atoms with Crippen molar-refractivity contribution in [2.75, 3.05) is 43.6 Å². The molecule has 2 heterocycles. The molecule has 1 atom stereocenters. The van der Waals surface area contributed by atoms with E-state index in [0.717, 1.165) is 11.6 Å². The van der Waals surface area contributed by atoms with Crippen LogP contribution < -0.4 is 9.80 Å². The van der Waals surface area contributed by atoms with E-state index in [4.69, 9.17) is 9.84 Å². The minimum Gasteiger partial charge on any atom is -0.479 e. The smallest absolute Gasteiger partial charge is 0.334 e. The Bertz CT molecular complexity index is 478. The highest BCUT2D eigenvalue weighted by atomic mass is 16.5. The molecule has 0 radical (unpaired) electrons. The van der Waals surface area contributed by atoms with Crippen LogP contribution >= 0.6 is 0 Å². The summed E-state index contributed by atoms with van der Waals surface area (Å²) in [6.45, 7) is 3.15. The van der Waals surface area contributed by atoms with E-state index < -0.39 is 12.1 Å². The maximum absolute atomic E-state index is 11.0. The number of ether oxygens (including phenoxy) is 1. The van der Waals surface area contributed by atoms with Crippen LogP contribution in [-0.2, 0) is 9.53 Å². The van der Waals surface area contributed by atoms with Crippen LogP contribution in [0.1, 0.15) is 5.82 Å². The molecule has 0 amide bonds. The first-order chi connectivity index (χ1) is 8.97. The second kappa shape index (κ2) is 5.40. The maximum Gasteiger partial charge on any atom is 0.334 e. The number of carboxylic acid groups (broad SMARTS) is 1. The molecule has 1 fully saturated rings. The number of rotatable bonds is 3. The zero-order valence-corrected chi connectivity index (χ0v) is 11.3. The lowest BCUT2D eigenvalue weighted by Crippen LogP contribution is -2.46. The van der Waals surface area contributed by atoms with Gasteiger partial charge < -0.3 is 19.6 Å². The van der Waals surface area contributed by atoms with E-state index in [1.165, 1.54) is 0 Å². The van der Waals surface area contributed by atoms with Gasteiger partial charge in [0.2, 0.25) is 0 Å². The van der Waals surface area contributed by atoms with Gasteiger partial charge in [0, 0.05) is 26.7 Å². The van der Waals surface area contributed by atoms with E-state index in [-0.39, 0.29) is 0 Å². The standard InChI is InChI=1S/C12H18N4O3/c1-8-13-10(15(2)3)6-11(14-8)16-4-5-19-9(7-16)12(17)18/h6,9H,4-5,7H2,1-3H3,(H,17,18). The van der Waals surface area contributed by atoms with Gasteiger partial charge in [0.25, 0.3) is 0 Å². The quantitative estimate of drug-likeness (QED) is 0.833. The first-order valence-electron chi connectivity index (χ1n) is 6.09. The molecule has 1 unspecified atom stereocenters. The third kappa shape index (κ3) is 3.11. The summed E-state index contributed by atoms with van der Waals surface area (Å²) in [6.07, 6.45) is -0.799. The van der Waals surface area contributed by atoms with Gasteiger partial charge >= 0.3 is 5.97 Å². The fraction of sp³-hybridized carbons (Fsp3) is 0.583. The lowest BCUT2D eigenvalue weighted by Gasteiger charge is -2.32. The van der Waals surface area contributed by atoms with Gasteiger partial charge in [0.05, 0.1) is 13.2 Å². The Kier molecular flexibility index (Phi) is 3.84. The summed E-state index contributed by atoms with van der Waals surface area (Å²) in [5.74, 6) is 1.27. The number of anilines is 2. The fourth-order valence-corrected chi connectivity index (χ4v) is 1.93. The molecule has 1 aliphatic rings. The van der Waals surface area contributed by atoms with Gasteiger partial charge in [-0.3, -0.25) is 0 Å². The van der Waals surface area contributed by atoms with Crippen molar-refractivity contribution in [2.45, 2.75) is 13.0 Å². The second-order valence-electron chi connectivity index (χ2n) is 4.67. The highest BCUT2D eigenvalue weighted by molar-refractivity contribution is 5.73. The molecule has 104 valence electrons. The van der Waals surface area contributed by atoms with E-state index in [0.29, 0.717) is 25.5 Å². The predicted octanol–water partition coefficient (Wildman–Crippen LogP) is 0.141. The van der Waals surface area contributed by atoms with E-state index >= 15 is 0 Å². The summed E-state index contributed by atoms with van der Waals surface area (Å²) < 4.78 is 5.20. The summed E-state index contributed by atoms with van der Waals surface area (Å²) in [7, 11) is 3.82. The van der Waals surface area contributed by atoms with Crippen molar-refractivity contribution >= 4 is 17.6 Å². The lowest BCUT2D eigenvalue weighted by atomic mass is 10.2. The molecule has 1 aromatic rings. The van der Waals surface area contributed by atoms with Crippen LogP contribution in [0.2, 0.25) is 0 Å². The maximum atomic E-state index is 11.0. The van der Waals surface area contributed by atoms with Crippen molar-refractivity contribution in [3.05, 3.63) is 11.9 Å². The van der Waals surface area contributed by atoms with Crippen molar-refractivity contribution in [1.82, 2.24) is 9.97 Å². The van der Waals surface area contributed by atoms with E-state index in [1.54, 1.807) is 0 Å². The molecule has 0 aliphatic carbocycles. The van der Waals surface area contributed by atoms with Crippen LogP contribution in [0.3, 0.4) is 0 Å². The van der Waals surface area contributed by atoms with Gasteiger partial charge in [-0.25, -0.2) is 14.8 Å². The molecular weight excluding hydrogens is 248 g/mol. The van der Waals surface area contributed by atoms with Gasteiger partial charge in [0.1, 0.15) is 17.5 Å². The Morgan fingerprint density at radius 1 is 1.53 bits per heavy atom. The molecule has 7 heteroatoms. The number of aliphatic carboxylic acids is 1. The van der Waals surface area contributed by atoms with Crippen LogP contribution in [-0.4, -0.2) is 60.9 Å². The van der Waals surface area contributed by atoms with E-state index in [2.05, 4.69) is 9.97 Å². The van der Waals surface area contributed by atoms with Crippen LogP contribution in [0.15, 0.2) is 6.07 Å². The zero-order valence-electron chi connectivity index (χ0n) is 11.3. The molecular formula is C12H18N4O3. The van der Waals surface area contributed by atoms with Gasteiger partial charge in [-0.15, -0.1) is 0 Å². The average molecular weight is 266 g/mol. The summed E-state index contributed by atoms with van der Waals surface area (Å²) in [5.41, 5.74) is 0. The van der Waals surface area contributed by atoms with Crippen LogP contribution in [0.25, 0.3) is 0 Å². The first kappa shape index (κ1) is 13.5. The highest BCUT2D eigenvalue weighted by Crippen LogP contribution is 2.20. The van der Waals surface area contributed by atoms with Crippen molar-refractivity contribution in [1.29, 1.82) is 0 Å². The molecule has 1 aromatic heterocycles. The summed E-state index contributed by atoms with van der Waals surface area (Å²) in [5, 5.41) is 9.01. The second-order valence-corrected chi connectivity index (χ2v) is 4.67. The van der Waals surface area contributed by atoms with E-state index in [9.17, 15) is 4.79 Å². The van der Waals surface area contributed by atoms with Crippen LogP contribution in [0.4, 0.5) is 11.6 Å². The third-order valence-corrected chi connectivity index (χ3v) is 2.93. The molecule has 2 rings (SSSR count). The first-order valence-corrected chi connectivity index (χ1v) is 6.09. The summed E-state index contributed by atoms with van der Waals surface area (Å²) in [4.78, 5) is 23.5. The van der Waals surface area contributed by atoms with Crippen molar-refractivity contribution in [2.24, 2.45) is 0 Å². The van der Waals surface area contributed by atoms with E-state index in [1.807, 2.05) is 36.9 Å². The Morgan fingerprint density at radius 3 is 2.89 bits per heavy atom. The van der Waals surface area contributed by atoms with Gasteiger partial charge in [-0.05, 0) is 6.92 Å². The topological polar surface area (TPSA) is 78.8 Å². The molecule has 0 saturated carbocycles. The Balaban J connectivity index is 2.23. The average Bonchev–Trinajstić information content (AvgIpc) is 2.38. The van der Waals surface area contributed by atoms with Gasteiger partial charge in [-0.1, -0.05) is 0 Å². The van der Waals surface area contributed by atoms with Crippen molar-refractivity contribution in [3.8, 4) is 0 Å². The monoisotopic (exact) mass is 266 g/mol.